The second-order valence-corrected chi connectivity index (χ2v) is 7.14. The first-order chi connectivity index (χ1) is 12.9. The molecule has 0 saturated carbocycles. The van der Waals surface area contributed by atoms with E-state index in [4.69, 9.17) is 4.74 Å². The first-order valence-corrected chi connectivity index (χ1v) is 8.92. The van der Waals surface area contributed by atoms with Crippen LogP contribution in [-0.4, -0.2) is 45.5 Å². The molecule has 2 aromatic rings. The summed E-state index contributed by atoms with van der Waals surface area (Å²) in [5.74, 6) is -2.10. The fourth-order valence-corrected chi connectivity index (χ4v) is 3.76. The third-order valence-electron chi connectivity index (χ3n) is 5.26. The van der Waals surface area contributed by atoms with Gasteiger partial charge in [-0.25, -0.2) is 13.9 Å². The Bertz CT molecular complexity index is 931. The van der Waals surface area contributed by atoms with Crippen molar-refractivity contribution in [2.45, 2.75) is 38.1 Å². The molecule has 1 aromatic carbocycles. The predicted octanol–water partition coefficient (Wildman–Crippen LogP) is 1.78. The molecule has 7 nitrogen and oxygen atoms in total. The highest BCUT2D eigenvalue weighted by atomic mass is 19.1. The van der Waals surface area contributed by atoms with Gasteiger partial charge >= 0.3 is 5.97 Å². The minimum atomic E-state index is -1.44. The maximum Gasteiger partial charge on any atom is 0.331 e. The van der Waals surface area contributed by atoms with E-state index in [1.165, 1.54) is 10.7 Å². The Kier molecular flexibility index (Phi) is 4.22. The molecule has 1 aliphatic heterocycles. The molecule has 2 aliphatic rings. The molecule has 0 bridgehead atoms. The van der Waals surface area contributed by atoms with Crippen molar-refractivity contribution in [3.63, 3.8) is 0 Å². The van der Waals surface area contributed by atoms with Crippen LogP contribution in [0.25, 0.3) is 5.69 Å². The summed E-state index contributed by atoms with van der Waals surface area (Å²) in [6, 6.07) is 4.85. The molecule has 1 amide bonds. The summed E-state index contributed by atoms with van der Waals surface area (Å²) in [5, 5.41) is 16.5. The molecule has 2 heterocycles. The number of aromatic nitrogens is 2. The second kappa shape index (κ2) is 6.45. The monoisotopic (exact) mass is 373 g/mol. The number of carbonyl (C=O) groups excluding carboxylic acids is 1. The highest BCUT2D eigenvalue weighted by molar-refractivity contribution is 5.98. The molecule has 1 fully saturated rings. The molecule has 1 aliphatic carbocycles. The van der Waals surface area contributed by atoms with Crippen molar-refractivity contribution in [1.82, 2.24) is 15.1 Å². The Hall–Kier alpha value is -2.74. The number of aryl methyl sites for hydroxylation is 1. The van der Waals surface area contributed by atoms with Gasteiger partial charge in [-0.1, -0.05) is 6.07 Å². The first-order valence-electron chi connectivity index (χ1n) is 8.92. The molecule has 1 saturated heterocycles. The van der Waals surface area contributed by atoms with Crippen molar-refractivity contribution in [2.24, 2.45) is 0 Å². The third-order valence-corrected chi connectivity index (χ3v) is 5.26. The summed E-state index contributed by atoms with van der Waals surface area (Å²) < 4.78 is 21.1. The van der Waals surface area contributed by atoms with Crippen molar-refractivity contribution in [1.29, 1.82) is 0 Å². The van der Waals surface area contributed by atoms with E-state index in [9.17, 15) is 19.1 Å². The molecule has 142 valence electrons. The number of carboxylic acid groups (broad SMARTS) is 1. The van der Waals surface area contributed by atoms with Gasteiger partial charge in [0.15, 0.2) is 11.2 Å². The lowest BCUT2D eigenvalue weighted by Crippen LogP contribution is -2.55. The number of benzene rings is 1. The Morgan fingerprint density at radius 3 is 2.85 bits per heavy atom. The summed E-state index contributed by atoms with van der Waals surface area (Å²) in [4.78, 5) is 24.5. The smallest absolute Gasteiger partial charge is 0.331 e. The van der Waals surface area contributed by atoms with Gasteiger partial charge in [-0.15, -0.1) is 0 Å². The van der Waals surface area contributed by atoms with E-state index in [1.807, 2.05) is 0 Å². The topological polar surface area (TPSA) is 93.5 Å². The minimum absolute atomic E-state index is 0.0798. The quantitative estimate of drug-likeness (QED) is 0.852. The fraction of sp³-hybridized carbons (Fsp3) is 0.421. The number of amides is 1. The van der Waals surface area contributed by atoms with Crippen LogP contribution in [0.2, 0.25) is 0 Å². The highest BCUT2D eigenvalue weighted by Crippen LogP contribution is 2.30. The molecule has 27 heavy (non-hydrogen) atoms. The third kappa shape index (κ3) is 2.90. The maximum absolute atomic E-state index is 14.5. The number of fused-ring (bicyclic) bond motifs is 1. The molecule has 1 atom stereocenters. The zero-order chi connectivity index (χ0) is 19.2. The summed E-state index contributed by atoms with van der Waals surface area (Å²) in [6.45, 7) is 1.99. The number of hydrogen-bond acceptors (Lipinski definition) is 4. The van der Waals surface area contributed by atoms with Crippen LogP contribution in [0.3, 0.4) is 0 Å². The summed E-state index contributed by atoms with van der Waals surface area (Å²) in [6.07, 6.45) is 2.38. The van der Waals surface area contributed by atoms with E-state index in [0.29, 0.717) is 12.8 Å². The second-order valence-electron chi connectivity index (χ2n) is 7.14. The lowest BCUT2D eigenvalue weighted by atomic mass is 9.98. The minimum Gasteiger partial charge on any atom is -0.479 e. The molecular formula is C19H20FN3O4. The number of hydrogen-bond donors (Lipinski definition) is 2. The molecular weight excluding hydrogens is 353 g/mol. The van der Waals surface area contributed by atoms with Gasteiger partial charge in [0, 0.05) is 24.3 Å². The molecule has 1 unspecified atom stereocenters. The van der Waals surface area contributed by atoms with Gasteiger partial charge in [-0.05, 0) is 43.9 Å². The number of nitrogens with one attached hydrogen (secondary N) is 1. The average molecular weight is 373 g/mol. The average Bonchev–Trinajstić information content (AvgIpc) is 3.31. The van der Waals surface area contributed by atoms with Gasteiger partial charge in [0.1, 0.15) is 11.5 Å². The number of carbonyl (C=O) groups is 2. The molecule has 0 spiro atoms. The van der Waals surface area contributed by atoms with Crippen LogP contribution < -0.4 is 5.32 Å². The lowest BCUT2D eigenvalue weighted by Gasteiger charge is -2.23. The van der Waals surface area contributed by atoms with Crippen LogP contribution in [0, 0.1) is 12.7 Å². The summed E-state index contributed by atoms with van der Waals surface area (Å²) in [5.41, 5.74) is 1.36. The largest absolute Gasteiger partial charge is 0.479 e. The van der Waals surface area contributed by atoms with E-state index in [1.54, 1.807) is 19.1 Å². The van der Waals surface area contributed by atoms with Crippen LogP contribution in [0.15, 0.2) is 18.2 Å². The number of nitrogens with zero attached hydrogens (tertiary/aromatic N) is 2. The van der Waals surface area contributed by atoms with Crippen LogP contribution in [-0.2, 0) is 22.4 Å². The van der Waals surface area contributed by atoms with Crippen molar-refractivity contribution in [3.8, 4) is 5.69 Å². The molecule has 8 heteroatoms. The maximum atomic E-state index is 14.5. The number of carboxylic acids is 1. The molecule has 1 aromatic heterocycles. The van der Waals surface area contributed by atoms with Crippen LogP contribution >= 0.6 is 0 Å². The summed E-state index contributed by atoms with van der Waals surface area (Å²) in [7, 11) is 0. The predicted molar refractivity (Wildman–Crippen MR) is 93.6 cm³/mol. The SMILES string of the molecule is Cc1ccc(-n2nc(C(=O)NC3(C(=O)O)CCOC3)c3c2CCC3)c(F)c1. The zero-order valence-electron chi connectivity index (χ0n) is 14.9. The van der Waals surface area contributed by atoms with Crippen LogP contribution in [0.1, 0.15) is 40.2 Å². The lowest BCUT2D eigenvalue weighted by molar-refractivity contribution is -0.144. The van der Waals surface area contributed by atoms with E-state index in [2.05, 4.69) is 10.4 Å². The first kappa shape index (κ1) is 17.7. The zero-order valence-corrected chi connectivity index (χ0v) is 14.9. The van der Waals surface area contributed by atoms with Crippen molar-refractivity contribution >= 4 is 11.9 Å². The standard InChI is InChI=1S/C19H20FN3O4/c1-11-5-6-15(13(20)9-11)23-14-4-2-3-12(14)16(22-23)17(24)21-19(18(25)26)7-8-27-10-19/h5-6,9H,2-4,7-8,10H2,1H3,(H,21,24)(H,25,26). The number of rotatable bonds is 4. The Labute approximate surface area is 155 Å². The molecule has 2 N–H and O–H groups in total. The highest BCUT2D eigenvalue weighted by Gasteiger charge is 2.45. The normalized spacial score (nSPS) is 21.3. The van der Waals surface area contributed by atoms with E-state index >= 15 is 0 Å². The van der Waals surface area contributed by atoms with Crippen LogP contribution in [0.4, 0.5) is 4.39 Å². The van der Waals surface area contributed by atoms with Crippen molar-refractivity contribution < 1.29 is 23.8 Å². The fourth-order valence-electron chi connectivity index (χ4n) is 3.76. The number of halogens is 1. The molecule has 0 radical (unpaired) electrons. The van der Waals surface area contributed by atoms with Crippen molar-refractivity contribution in [3.05, 3.63) is 46.5 Å². The Morgan fingerprint density at radius 2 is 2.19 bits per heavy atom. The van der Waals surface area contributed by atoms with Gasteiger partial charge in [0.25, 0.3) is 5.91 Å². The molecule has 4 rings (SSSR count). The van der Waals surface area contributed by atoms with Crippen molar-refractivity contribution in [2.75, 3.05) is 13.2 Å². The van der Waals surface area contributed by atoms with Gasteiger partial charge in [-0.2, -0.15) is 5.10 Å². The van der Waals surface area contributed by atoms with Gasteiger partial charge in [-0.3, -0.25) is 4.79 Å². The van der Waals surface area contributed by atoms with Crippen LogP contribution in [0.5, 0.6) is 0 Å². The Balaban J connectivity index is 1.72. The van der Waals surface area contributed by atoms with E-state index in [0.717, 1.165) is 23.2 Å². The Morgan fingerprint density at radius 1 is 1.37 bits per heavy atom. The van der Waals surface area contributed by atoms with Gasteiger partial charge in [0.05, 0.1) is 6.61 Å². The van der Waals surface area contributed by atoms with E-state index < -0.39 is 23.2 Å². The van der Waals surface area contributed by atoms with Gasteiger partial charge < -0.3 is 15.2 Å². The van der Waals surface area contributed by atoms with Gasteiger partial charge in [0.2, 0.25) is 0 Å². The summed E-state index contributed by atoms with van der Waals surface area (Å²) >= 11 is 0. The van der Waals surface area contributed by atoms with E-state index in [-0.39, 0.29) is 31.0 Å². The number of aliphatic carboxylic acids is 1. The number of ether oxygens (including phenoxy) is 1.